The van der Waals surface area contributed by atoms with Gasteiger partial charge in [-0.3, -0.25) is 4.79 Å². The summed E-state index contributed by atoms with van der Waals surface area (Å²) in [6.45, 7) is 3.57. The quantitative estimate of drug-likeness (QED) is 0.515. The maximum absolute atomic E-state index is 12.8. The van der Waals surface area contributed by atoms with E-state index < -0.39 is 0 Å². The van der Waals surface area contributed by atoms with Gasteiger partial charge < -0.3 is 9.88 Å². The molecule has 1 amide bonds. The van der Waals surface area contributed by atoms with Crippen LogP contribution in [-0.4, -0.2) is 38.7 Å². The number of aromatic nitrogens is 3. The van der Waals surface area contributed by atoms with Crippen molar-refractivity contribution in [1.82, 2.24) is 19.7 Å². The zero-order valence-electron chi connectivity index (χ0n) is 17.7. The third-order valence-corrected chi connectivity index (χ3v) is 6.09. The molecule has 0 saturated heterocycles. The van der Waals surface area contributed by atoms with E-state index in [9.17, 15) is 4.79 Å². The molecule has 0 unspecified atom stereocenters. The van der Waals surface area contributed by atoms with Gasteiger partial charge in [0.2, 0.25) is 5.91 Å². The third-order valence-electron chi connectivity index (χ3n) is 6.09. The van der Waals surface area contributed by atoms with Gasteiger partial charge in [0.25, 0.3) is 0 Å². The molecule has 0 fully saturated rings. The predicted molar refractivity (Wildman–Crippen MR) is 124 cm³/mol. The van der Waals surface area contributed by atoms with E-state index in [1.165, 1.54) is 27.6 Å². The van der Waals surface area contributed by atoms with E-state index in [4.69, 9.17) is 0 Å². The zero-order chi connectivity index (χ0) is 21.2. The Morgan fingerprint density at radius 2 is 1.97 bits per heavy atom. The van der Waals surface area contributed by atoms with Gasteiger partial charge in [0.15, 0.2) is 0 Å². The van der Waals surface area contributed by atoms with E-state index in [0.717, 1.165) is 30.8 Å². The molecule has 5 heteroatoms. The largest absolute Gasteiger partial charge is 0.360 e. The summed E-state index contributed by atoms with van der Waals surface area (Å²) >= 11 is 0. The number of hydrogen-bond donors (Lipinski definition) is 1. The number of fused-ring (bicyclic) bond motifs is 1. The summed E-state index contributed by atoms with van der Waals surface area (Å²) in [4.78, 5) is 18.2. The average Bonchev–Trinajstić information content (AvgIpc) is 3.47. The number of aryl methyl sites for hydroxylation is 1. The molecule has 1 aliphatic rings. The minimum Gasteiger partial charge on any atom is -0.360 e. The molecule has 0 bridgehead atoms. The van der Waals surface area contributed by atoms with Crippen LogP contribution < -0.4 is 0 Å². The lowest BCUT2D eigenvalue weighted by atomic mass is 9.97. The van der Waals surface area contributed by atoms with Crippen LogP contribution in [0.3, 0.4) is 0 Å². The summed E-state index contributed by atoms with van der Waals surface area (Å²) in [6, 6.07) is 18.4. The summed E-state index contributed by atoms with van der Waals surface area (Å²) in [5.41, 5.74) is 6.94. The number of nitrogens with zero attached hydrogens (tertiary/aromatic N) is 3. The van der Waals surface area contributed by atoms with Crippen molar-refractivity contribution in [2.45, 2.75) is 26.2 Å². The highest BCUT2D eigenvalue weighted by atomic mass is 16.2. The summed E-state index contributed by atoms with van der Waals surface area (Å²) < 4.78 is 1.82. The Morgan fingerprint density at radius 1 is 1.10 bits per heavy atom. The van der Waals surface area contributed by atoms with Crippen LogP contribution >= 0.6 is 0 Å². The number of nitrogens with one attached hydrogen (secondary N) is 1. The van der Waals surface area contributed by atoms with Gasteiger partial charge in [0.05, 0.1) is 17.8 Å². The second kappa shape index (κ2) is 8.26. The number of H-pyrrole nitrogens is 1. The summed E-state index contributed by atoms with van der Waals surface area (Å²) in [6.07, 6.45) is 8.43. The number of carbonyl (C=O) groups is 1. The van der Waals surface area contributed by atoms with E-state index in [2.05, 4.69) is 47.5 Å². The SMILES string of the molecule is CCc1cccc2c(C3=CCN(C(=O)Cc4ccn(-c5ccccc5)n4)CC3)c[nH]c12. The number of carbonyl (C=O) groups excluding carboxylic acids is 1. The van der Waals surface area contributed by atoms with Gasteiger partial charge in [0, 0.05) is 41.9 Å². The number of rotatable bonds is 5. The highest BCUT2D eigenvalue weighted by Crippen LogP contribution is 2.31. The van der Waals surface area contributed by atoms with Crippen molar-refractivity contribution < 1.29 is 4.79 Å². The Kier molecular flexibility index (Phi) is 5.16. The molecule has 31 heavy (non-hydrogen) atoms. The molecule has 0 atom stereocenters. The highest BCUT2D eigenvalue weighted by Gasteiger charge is 2.20. The third kappa shape index (κ3) is 3.79. The highest BCUT2D eigenvalue weighted by molar-refractivity contribution is 5.94. The van der Waals surface area contributed by atoms with Crippen molar-refractivity contribution in [3.63, 3.8) is 0 Å². The van der Waals surface area contributed by atoms with Crippen LogP contribution in [0.25, 0.3) is 22.2 Å². The zero-order valence-corrected chi connectivity index (χ0v) is 17.7. The van der Waals surface area contributed by atoms with Gasteiger partial charge in [-0.1, -0.05) is 49.4 Å². The topological polar surface area (TPSA) is 53.9 Å². The molecule has 1 aliphatic heterocycles. The van der Waals surface area contributed by atoms with E-state index in [1.807, 2.05) is 52.2 Å². The maximum atomic E-state index is 12.8. The first-order valence-electron chi connectivity index (χ1n) is 10.9. The molecule has 3 heterocycles. The van der Waals surface area contributed by atoms with Gasteiger partial charge in [-0.25, -0.2) is 4.68 Å². The molecule has 2 aromatic heterocycles. The van der Waals surface area contributed by atoms with Crippen molar-refractivity contribution in [3.8, 4) is 5.69 Å². The predicted octanol–water partition coefficient (Wildman–Crippen LogP) is 4.77. The van der Waals surface area contributed by atoms with E-state index >= 15 is 0 Å². The van der Waals surface area contributed by atoms with Crippen molar-refractivity contribution in [3.05, 3.63) is 89.9 Å². The summed E-state index contributed by atoms with van der Waals surface area (Å²) in [5.74, 6) is 0.126. The number of hydrogen-bond acceptors (Lipinski definition) is 2. The Bertz CT molecular complexity index is 1250. The second-order valence-electron chi connectivity index (χ2n) is 7.98. The van der Waals surface area contributed by atoms with Crippen LogP contribution in [0.2, 0.25) is 0 Å². The summed E-state index contributed by atoms with van der Waals surface area (Å²) in [7, 11) is 0. The fourth-order valence-electron chi connectivity index (χ4n) is 4.36. The number of para-hydroxylation sites is 2. The molecule has 5 nitrogen and oxygen atoms in total. The van der Waals surface area contributed by atoms with Crippen LogP contribution in [0.5, 0.6) is 0 Å². The van der Waals surface area contributed by atoms with Gasteiger partial charge in [0.1, 0.15) is 0 Å². The van der Waals surface area contributed by atoms with Crippen molar-refractivity contribution in [1.29, 1.82) is 0 Å². The fraction of sp³-hybridized carbons (Fsp3) is 0.231. The van der Waals surface area contributed by atoms with Gasteiger partial charge in [-0.05, 0) is 42.2 Å². The van der Waals surface area contributed by atoms with E-state index in [0.29, 0.717) is 13.0 Å². The van der Waals surface area contributed by atoms with Gasteiger partial charge >= 0.3 is 0 Å². The molecule has 5 rings (SSSR count). The molecule has 0 spiro atoms. The molecular formula is C26H26N4O. The second-order valence-corrected chi connectivity index (χ2v) is 7.98. The lowest BCUT2D eigenvalue weighted by molar-refractivity contribution is -0.130. The Labute approximate surface area is 182 Å². The lowest BCUT2D eigenvalue weighted by Gasteiger charge is -2.26. The molecule has 156 valence electrons. The molecular weight excluding hydrogens is 384 g/mol. The van der Waals surface area contributed by atoms with Crippen molar-refractivity contribution >= 4 is 22.4 Å². The first-order valence-corrected chi connectivity index (χ1v) is 10.9. The van der Waals surface area contributed by atoms with Gasteiger partial charge in [-0.15, -0.1) is 0 Å². The number of aromatic amines is 1. The molecule has 0 aliphatic carbocycles. The van der Waals surface area contributed by atoms with E-state index in [1.54, 1.807) is 0 Å². The normalized spacial score (nSPS) is 14.1. The minimum absolute atomic E-state index is 0.126. The smallest absolute Gasteiger partial charge is 0.228 e. The van der Waals surface area contributed by atoms with E-state index in [-0.39, 0.29) is 5.91 Å². The molecule has 0 radical (unpaired) electrons. The average molecular weight is 411 g/mol. The Hall–Kier alpha value is -3.60. The molecule has 2 aromatic carbocycles. The first-order chi connectivity index (χ1) is 15.2. The molecule has 1 N–H and O–H groups in total. The molecule has 0 saturated carbocycles. The Morgan fingerprint density at radius 3 is 2.74 bits per heavy atom. The minimum atomic E-state index is 0.126. The maximum Gasteiger partial charge on any atom is 0.228 e. The molecule has 4 aromatic rings. The number of benzene rings is 2. The monoisotopic (exact) mass is 410 g/mol. The standard InChI is InChI=1S/C26H26N4O/c1-2-19-7-6-10-23-24(18-27-26(19)23)20-11-14-29(15-12-20)25(31)17-21-13-16-30(28-21)22-8-4-3-5-9-22/h3-11,13,16,18,27H,2,12,14-15,17H2,1H3. The van der Waals surface area contributed by atoms with Crippen molar-refractivity contribution in [2.24, 2.45) is 0 Å². The van der Waals surface area contributed by atoms with Gasteiger partial charge in [-0.2, -0.15) is 5.10 Å². The van der Waals surface area contributed by atoms with Crippen LogP contribution in [0.15, 0.2) is 73.1 Å². The lowest BCUT2D eigenvalue weighted by Crippen LogP contribution is -2.35. The van der Waals surface area contributed by atoms with Crippen LogP contribution in [0.4, 0.5) is 0 Å². The first kappa shape index (κ1) is 19.4. The fourth-order valence-corrected chi connectivity index (χ4v) is 4.36. The van der Waals surface area contributed by atoms with Crippen LogP contribution in [0.1, 0.15) is 30.2 Å². The van der Waals surface area contributed by atoms with Crippen LogP contribution in [0, 0.1) is 0 Å². The summed E-state index contributed by atoms with van der Waals surface area (Å²) in [5, 5.41) is 5.85. The van der Waals surface area contributed by atoms with Crippen molar-refractivity contribution in [2.75, 3.05) is 13.1 Å². The Balaban J connectivity index is 1.27. The number of amides is 1. The van der Waals surface area contributed by atoms with Crippen LogP contribution in [-0.2, 0) is 17.6 Å².